The van der Waals surface area contributed by atoms with Crippen molar-refractivity contribution < 1.29 is 4.42 Å². The average Bonchev–Trinajstić information content (AvgIpc) is 2.81. The molecule has 0 saturated carbocycles. The van der Waals surface area contributed by atoms with E-state index < -0.39 is 0 Å². The van der Waals surface area contributed by atoms with Crippen LogP contribution in [-0.2, 0) is 6.54 Å². The molecule has 0 spiro atoms. The zero-order valence-electron chi connectivity index (χ0n) is 10.9. The molecule has 2 aromatic carbocycles. The molecule has 3 rings (SSSR count). The van der Waals surface area contributed by atoms with Gasteiger partial charge in [-0.25, -0.2) is 0 Å². The number of fused-ring (bicyclic) bond motifs is 1. The van der Waals surface area contributed by atoms with Crippen LogP contribution in [0.4, 0.5) is 0 Å². The molecule has 0 aliphatic rings. The molecule has 0 amide bonds. The van der Waals surface area contributed by atoms with E-state index in [4.69, 9.17) is 27.6 Å². The van der Waals surface area contributed by atoms with Crippen LogP contribution >= 0.6 is 23.2 Å². The third-order valence-electron chi connectivity index (χ3n) is 3.16. The highest BCUT2D eigenvalue weighted by molar-refractivity contribution is 6.33. The van der Waals surface area contributed by atoms with Crippen LogP contribution in [0.1, 0.15) is 5.56 Å². The monoisotopic (exact) mass is 305 g/mol. The van der Waals surface area contributed by atoms with Crippen molar-refractivity contribution in [3.8, 4) is 11.3 Å². The SMILES string of the molecule is CNCc1ccc(-c2cc3cc(Cl)ccc3o2)c(Cl)c1. The van der Waals surface area contributed by atoms with E-state index in [2.05, 4.69) is 5.32 Å². The topological polar surface area (TPSA) is 25.2 Å². The number of benzene rings is 2. The van der Waals surface area contributed by atoms with Gasteiger partial charge in [0, 0.05) is 22.5 Å². The van der Waals surface area contributed by atoms with Crippen molar-refractivity contribution in [1.82, 2.24) is 5.32 Å². The lowest BCUT2D eigenvalue weighted by atomic mass is 10.1. The summed E-state index contributed by atoms with van der Waals surface area (Å²) in [6.07, 6.45) is 0. The van der Waals surface area contributed by atoms with Gasteiger partial charge in [0.1, 0.15) is 11.3 Å². The lowest BCUT2D eigenvalue weighted by Crippen LogP contribution is -2.04. The van der Waals surface area contributed by atoms with Gasteiger partial charge in [0.15, 0.2) is 0 Å². The fraction of sp³-hybridized carbons (Fsp3) is 0.125. The normalized spacial score (nSPS) is 11.2. The second-order valence-electron chi connectivity index (χ2n) is 4.64. The Morgan fingerprint density at radius 2 is 1.90 bits per heavy atom. The Kier molecular flexibility index (Phi) is 3.70. The number of hydrogen-bond donors (Lipinski definition) is 1. The first-order valence-electron chi connectivity index (χ1n) is 6.30. The van der Waals surface area contributed by atoms with Crippen LogP contribution in [0.25, 0.3) is 22.3 Å². The number of nitrogens with one attached hydrogen (secondary N) is 1. The maximum absolute atomic E-state index is 6.34. The molecule has 2 nitrogen and oxygen atoms in total. The third-order valence-corrected chi connectivity index (χ3v) is 3.71. The van der Waals surface area contributed by atoms with Gasteiger partial charge in [-0.1, -0.05) is 29.3 Å². The minimum Gasteiger partial charge on any atom is -0.456 e. The summed E-state index contributed by atoms with van der Waals surface area (Å²) in [6, 6.07) is 13.5. The molecule has 0 unspecified atom stereocenters. The molecule has 1 heterocycles. The van der Waals surface area contributed by atoms with Crippen LogP contribution in [0.3, 0.4) is 0 Å². The molecular formula is C16H13Cl2NO. The lowest BCUT2D eigenvalue weighted by Gasteiger charge is -2.04. The molecule has 0 atom stereocenters. The molecule has 3 aromatic rings. The van der Waals surface area contributed by atoms with Crippen molar-refractivity contribution in [2.75, 3.05) is 7.05 Å². The summed E-state index contributed by atoms with van der Waals surface area (Å²) in [5.74, 6) is 0.753. The molecule has 0 aliphatic heterocycles. The standard InChI is InChI=1S/C16H13Cl2NO/c1-19-9-10-2-4-13(14(18)6-10)16-8-11-7-12(17)3-5-15(11)20-16/h2-8,19H,9H2,1H3. The third kappa shape index (κ3) is 2.55. The van der Waals surface area contributed by atoms with Gasteiger partial charge in [-0.15, -0.1) is 0 Å². The van der Waals surface area contributed by atoms with E-state index in [0.717, 1.165) is 34.4 Å². The van der Waals surface area contributed by atoms with Crippen molar-refractivity contribution in [1.29, 1.82) is 0 Å². The smallest absolute Gasteiger partial charge is 0.136 e. The van der Waals surface area contributed by atoms with Gasteiger partial charge in [0.2, 0.25) is 0 Å². The first kappa shape index (κ1) is 13.5. The predicted molar refractivity (Wildman–Crippen MR) is 84.4 cm³/mol. The van der Waals surface area contributed by atoms with Crippen molar-refractivity contribution in [2.24, 2.45) is 0 Å². The highest BCUT2D eigenvalue weighted by Crippen LogP contribution is 2.34. The molecule has 0 radical (unpaired) electrons. The van der Waals surface area contributed by atoms with Crippen LogP contribution in [-0.4, -0.2) is 7.05 Å². The summed E-state index contributed by atoms with van der Waals surface area (Å²) in [6.45, 7) is 0.787. The molecule has 0 aliphatic carbocycles. The summed E-state index contributed by atoms with van der Waals surface area (Å²) in [5, 5.41) is 5.45. The summed E-state index contributed by atoms with van der Waals surface area (Å²) in [4.78, 5) is 0. The van der Waals surface area contributed by atoms with E-state index in [1.807, 2.05) is 49.5 Å². The van der Waals surface area contributed by atoms with Gasteiger partial charge in [-0.3, -0.25) is 0 Å². The Hall–Kier alpha value is -1.48. The summed E-state index contributed by atoms with van der Waals surface area (Å²) < 4.78 is 5.83. The van der Waals surface area contributed by atoms with E-state index in [0.29, 0.717) is 10.0 Å². The predicted octanol–water partition coefficient (Wildman–Crippen LogP) is 5.13. The highest BCUT2D eigenvalue weighted by Gasteiger charge is 2.10. The van der Waals surface area contributed by atoms with Crippen LogP contribution in [0, 0.1) is 0 Å². The van der Waals surface area contributed by atoms with Crippen LogP contribution < -0.4 is 5.32 Å². The Labute approximate surface area is 127 Å². The van der Waals surface area contributed by atoms with Gasteiger partial charge >= 0.3 is 0 Å². The summed E-state index contributed by atoms with van der Waals surface area (Å²) >= 11 is 12.3. The van der Waals surface area contributed by atoms with Gasteiger partial charge in [-0.2, -0.15) is 0 Å². The van der Waals surface area contributed by atoms with Crippen molar-refractivity contribution >= 4 is 34.2 Å². The Morgan fingerprint density at radius 3 is 2.65 bits per heavy atom. The highest BCUT2D eigenvalue weighted by atomic mass is 35.5. The van der Waals surface area contributed by atoms with E-state index in [1.54, 1.807) is 0 Å². The fourth-order valence-electron chi connectivity index (χ4n) is 2.22. The van der Waals surface area contributed by atoms with Crippen LogP contribution in [0.2, 0.25) is 10.0 Å². The molecule has 102 valence electrons. The molecule has 0 saturated heterocycles. The molecule has 4 heteroatoms. The minimum absolute atomic E-state index is 0.683. The van der Waals surface area contributed by atoms with E-state index in [9.17, 15) is 0 Å². The zero-order chi connectivity index (χ0) is 14.1. The number of furan rings is 1. The molecule has 20 heavy (non-hydrogen) atoms. The average molecular weight is 306 g/mol. The maximum atomic E-state index is 6.34. The van der Waals surface area contributed by atoms with E-state index in [-0.39, 0.29) is 0 Å². The number of hydrogen-bond acceptors (Lipinski definition) is 2. The molecular weight excluding hydrogens is 293 g/mol. The lowest BCUT2D eigenvalue weighted by molar-refractivity contribution is 0.631. The first-order chi connectivity index (χ1) is 9.67. The largest absolute Gasteiger partial charge is 0.456 e. The van der Waals surface area contributed by atoms with E-state index in [1.165, 1.54) is 0 Å². The second-order valence-corrected chi connectivity index (χ2v) is 5.48. The maximum Gasteiger partial charge on any atom is 0.136 e. The van der Waals surface area contributed by atoms with Crippen molar-refractivity contribution in [2.45, 2.75) is 6.54 Å². The van der Waals surface area contributed by atoms with Gasteiger partial charge in [0.25, 0.3) is 0 Å². The Morgan fingerprint density at radius 1 is 1.05 bits per heavy atom. The Bertz CT molecular complexity index is 764. The quantitative estimate of drug-likeness (QED) is 0.726. The molecule has 0 fully saturated rings. The molecule has 1 aromatic heterocycles. The van der Waals surface area contributed by atoms with Crippen molar-refractivity contribution in [3.05, 3.63) is 58.1 Å². The number of rotatable bonds is 3. The van der Waals surface area contributed by atoms with Crippen LogP contribution in [0.15, 0.2) is 46.9 Å². The zero-order valence-corrected chi connectivity index (χ0v) is 12.4. The van der Waals surface area contributed by atoms with Gasteiger partial charge in [0.05, 0.1) is 5.02 Å². The summed E-state index contributed by atoms with van der Waals surface area (Å²) in [5.41, 5.74) is 2.83. The summed E-state index contributed by atoms with van der Waals surface area (Å²) in [7, 11) is 1.91. The number of halogens is 2. The van der Waals surface area contributed by atoms with Gasteiger partial charge in [-0.05, 0) is 49.0 Å². The molecule has 1 N–H and O–H groups in total. The first-order valence-corrected chi connectivity index (χ1v) is 7.05. The minimum atomic E-state index is 0.683. The fourth-order valence-corrected chi connectivity index (χ4v) is 2.70. The van der Waals surface area contributed by atoms with E-state index >= 15 is 0 Å². The van der Waals surface area contributed by atoms with Crippen LogP contribution in [0.5, 0.6) is 0 Å². The second kappa shape index (κ2) is 5.49. The molecule has 0 bridgehead atoms. The van der Waals surface area contributed by atoms with Gasteiger partial charge < -0.3 is 9.73 Å². The Balaban J connectivity index is 2.06. The van der Waals surface area contributed by atoms with Crippen molar-refractivity contribution in [3.63, 3.8) is 0 Å².